The molecule has 6 N–H and O–H groups in total. The highest BCUT2D eigenvalue weighted by Crippen LogP contribution is 2.29. The number of anilines is 4. The van der Waals surface area contributed by atoms with Crippen molar-refractivity contribution < 1.29 is 33.4 Å². The Balaban J connectivity index is 1.37. The Morgan fingerprint density at radius 3 is 2.32 bits per heavy atom. The molecule has 0 saturated heterocycles. The minimum absolute atomic E-state index is 0.0135. The molecule has 1 aliphatic rings. The topological polar surface area (TPSA) is 166 Å². The average Bonchev–Trinajstić information content (AvgIpc) is 3.13. The zero-order valence-corrected chi connectivity index (χ0v) is 28.8. The Morgan fingerprint density at radius 1 is 0.980 bits per heavy atom. The number of benzene rings is 3. The maximum absolute atomic E-state index is 13.5. The van der Waals surface area contributed by atoms with Crippen molar-refractivity contribution in [2.75, 3.05) is 48.4 Å². The normalized spacial score (nSPS) is 16.5. The van der Waals surface area contributed by atoms with Crippen molar-refractivity contribution in [3.05, 3.63) is 78.1 Å². The third-order valence-electron chi connectivity index (χ3n) is 8.64. The minimum Gasteiger partial charge on any atom is -0.488 e. The number of rotatable bonds is 13. The maximum Gasteiger partial charge on any atom is 0.321 e. The van der Waals surface area contributed by atoms with Crippen LogP contribution in [0.15, 0.2) is 66.7 Å². The van der Waals surface area contributed by atoms with Gasteiger partial charge in [0.15, 0.2) is 0 Å². The summed E-state index contributed by atoms with van der Waals surface area (Å²) >= 11 is 0. The summed E-state index contributed by atoms with van der Waals surface area (Å²) in [6.45, 7) is 3.93. The summed E-state index contributed by atoms with van der Waals surface area (Å²) in [4.78, 5) is 54.7. The minimum atomic E-state index is -0.537. The van der Waals surface area contributed by atoms with Gasteiger partial charge in [0, 0.05) is 49.3 Å². The van der Waals surface area contributed by atoms with Crippen LogP contribution in [0, 0.1) is 11.7 Å². The first-order valence-corrected chi connectivity index (χ1v) is 16.8. The van der Waals surface area contributed by atoms with Crippen molar-refractivity contribution in [2.45, 2.75) is 64.5 Å². The molecule has 12 nitrogen and oxygen atoms in total. The molecule has 3 aromatic carbocycles. The van der Waals surface area contributed by atoms with Gasteiger partial charge in [0.25, 0.3) is 0 Å². The smallest absolute Gasteiger partial charge is 0.321 e. The molecule has 0 aliphatic carbocycles. The van der Waals surface area contributed by atoms with Crippen molar-refractivity contribution in [1.29, 1.82) is 0 Å². The van der Waals surface area contributed by atoms with Gasteiger partial charge in [-0.3, -0.25) is 14.4 Å². The molecule has 3 atom stereocenters. The van der Waals surface area contributed by atoms with Crippen LogP contribution in [-0.4, -0.2) is 77.5 Å². The third-order valence-corrected chi connectivity index (χ3v) is 8.64. The predicted octanol–water partition coefficient (Wildman–Crippen LogP) is 5.25. The molecule has 0 spiro atoms. The number of carbonyl (C=O) groups is 4. The lowest BCUT2D eigenvalue weighted by atomic mass is 10.0. The second-order valence-electron chi connectivity index (χ2n) is 12.8. The van der Waals surface area contributed by atoms with Gasteiger partial charge in [-0.05, 0) is 74.4 Å². The zero-order valence-electron chi connectivity index (χ0n) is 28.8. The molecule has 0 radical (unpaired) electrons. The number of hydrogen-bond acceptors (Lipinski definition) is 7. The Kier molecular flexibility index (Phi) is 13.6. The largest absolute Gasteiger partial charge is 0.488 e. The van der Waals surface area contributed by atoms with E-state index < -0.39 is 24.0 Å². The first-order chi connectivity index (χ1) is 23.9. The molecule has 5 amide bonds. The van der Waals surface area contributed by atoms with E-state index in [0.717, 1.165) is 0 Å². The first kappa shape index (κ1) is 37.6. The lowest BCUT2D eigenvalue weighted by Gasteiger charge is -2.34. The fraction of sp³-hybridized carbons (Fsp3) is 0.405. The highest BCUT2D eigenvalue weighted by atomic mass is 19.1. The number of halogens is 1. The van der Waals surface area contributed by atoms with Crippen LogP contribution < -0.4 is 26.4 Å². The molecule has 1 heterocycles. The van der Waals surface area contributed by atoms with Gasteiger partial charge in [-0.2, -0.15) is 0 Å². The van der Waals surface area contributed by atoms with Crippen LogP contribution in [0.4, 0.5) is 31.9 Å². The molecule has 4 rings (SSSR count). The van der Waals surface area contributed by atoms with Gasteiger partial charge >= 0.3 is 6.03 Å². The molecular weight excluding hydrogens is 643 g/mol. The van der Waals surface area contributed by atoms with Gasteiger partial charge in [-0.25, -0.2) is 9.18 Å². The number of unbranched alkanes of at least 4 members (excludes halogenated alkanes) is 2. The van der Waals surface area contributed by atoms with Gasteiger partial charge in [0.05, 0.1) is 37.0 Å². The number of ether oxygens (including phenoxy) is 1. The molecule has 1 aliphatic heterocycles. The molecule has 3 aromatic rings. The number of nitrogens with two attached hydrogens (primary N) is 1. The molecule has 0 bridgehead atoms. The number of carbonyl (C=O) groups excluding carboxylic acids is 4. The van der Waals surface area contributed by atoms with E-state index in [4.69, 9.17) is 10.5 Å². The number of para-hydroxylation sites is 2. The third kappa shape index (κ3) is 10.9. The molecule has 50 heavy (non-hydrogen) atoms. The van der Waals surface area contributed by atoms with E-state index in [2.05, 4.69) is 16.0 Å². The van der Waals surface area contributed by atoms with E-state index in [1.807, 2.05) is 6.92 Å². The summed E-state index contributed by atoms with van der Waals surface area (Å²) in [7, 11) is 1.62. The number of amides is 5. The molecule has 13 heteroatoms. The van der Waals surface area contributed by atoms with E-state index in [9.17, 15) is 28.7 Å². The predicted molar refractivity (Wildman–Crippen MR) is 191 cm³/mol. The summed E-state index contributed by atoms with van der Waals surface area (Å²) < 4.78 is 19.8. The van der Waals surface area contributed by atoms with Gasteiger partial charge in [0.2, 0.25) is 17.7 Å². The van der Waals surface area contributed by atoms with E-state index >= 15 is 0 Å². The van der Waals surface area contributed by atoms with Crippen LogP contribution in [0.2, 0.25) is 0 Å². The van der Waals surface area contributed by atoms with Crippen LogP contribution in [0.3, 0.4) is 0 Å². The SMILES string of the molecule is C[C@@H]1CN([C@H](C)CO)C(=O)Cc2cc(NC(=O)CCCCCC(=O)Nc3ccccc3N)ccc2O[C@@H]1CN(C)C(=O)Nc1ccc(F)cc1. The van der Waals surface area contributed by atoms with E-state index in [1.165, 1.54) is 29.2 Å². The standard InChI is InChI=1S/C37H47FN6O6/c1-24-21-44(25(2)23-45)36(48)20-26-19-29(40-34(46)11-5-4-6-12-35(47)42-31-10-8-7-9-30(31)39)17-18-32(26)50-33(24)22-43(3)37(49)41-28-15-13-27(38)14-16-28/h7-10,13-19,24-25,33,45H,4-6,11-12,20-23,39H2,1-3H3,(H,40,46)(H,41,49)(H,42,47)/t24-,25-,33-/m1/s1. The summed E-state index contributed by atoms with van der Waals surface area (Å²) in [5.41, 5.74) is 8.47. The monoisotopic (exact) mass is 690 g/mol. The number of likely N-dealkylation sites (N-methyl/N-ethyl adjacent to an activating group) is 1. The highest BCUT2D eigenvalue weighted by molar-refractivity contribution is 5.94. The van der Waals surface area contributed by atoms with Crippen molar-refractivity contribution in [2.24, 2.45) is 5.92 Å². The quantitative estimate of drug-likeness (QED) is 0.121. The summed E-state index contributed by atoms with van der Waals surface area (Å²) in [6.07, 6.45) is 1.92. The Bertz CT molecular complexity index is 1640. The zero-order chi connectivity index (χ0) is 36.2. The molecule has 0 aromatic heterocycles. The molecule has 0 saturated carbocycles. The molecule has 0 unspecified atom stereocenters. The molecule has 268 valence electrons. The van der Waals surface area contributed by atoms with E-state index in [0.29, 0.717) is 59.7 Å². The summed E-state index contributed by atoms with van der Waals surface area (Å²) in [5, 5.41) is 18.4. The Hall–Kier alpha value is -5.17. The number of aliphatic hydroxyl groups is 1. The second kappa shape index (κ2) is 18.0. The number of nitrogens with zero attached hydrogens (tertiary/aromatic N) is 2. The number of hydrogen-bond donors (Lipinski definition) is 5. The van der Waals surface area contributed by atoms with Gasteiger partial charge < -0.3 is 41.3 Å². The van der Waals surface area contributed by atoms with Gasteiger partial charge in [-0.1, -0.05) is 25.5 Å². The Labute approximate surface area is 292 Å². The number of urea groups is 1. The fourth-order valence-corrected chi connectivity index (χ4v) is 5.63. The summed E-state index contributed by atoms with van der Waals surface area (Å²) in [5.74, 6) is -0.724. The lowest BCUT2D eigenvalue weighted by molar-refractivity contribution is -0.134. The van der Waals surface area contributed by atoms with Crippen LogP contribution in [-0.2, 0) is 20.8 Å². The number of nitrogens with one attached hydrogen (secondary N) is 3. The Morgan fingerprint density at radius 2 is 1.64 bits per heavy atom. The number of aliphatic hydroxyl groups excluding tert-OH is 1. The molecular formula is C37H47FN6O6. The first-order valence-electron chi connectivity index (χ1n) is 16.8. The van der Waals surface area contributed by atoms with Gasteiger partial charge in [-0.15, -0.1) is 0 Å². The van der Waals surface area contributed by atoms with Crippen LogP contribution in [0.25, 0.3) is 0 Å². The van der Waals surface area contributed by atoms with Crippen molar-refractivity contribution in [3.8, 4) is 5.75 Å². The van der Waals surface area contributed by atoms with Crippen LogP contribution in [0.5, 0.6) is 5.75 Å². The van der Waals surface area contributed by atoms with Gasteiger partial charge in [0.1, 0.15) is 17.7 Å². The maximum atomic E-state index is 13.5. The highest BCUT2D eigenvalue weighted by Gasteiger charge is 2.32. The number of nitrogen functional groups attached to an aromatic ring is 1. The second-order valence-corrected chi connectivity index (χ2v) is 12.8. The van der Waals surface area contributed by atoms with E-state index in [-0.39, 0.29) is 56.2 Å². The molecule has 0 fully saturated rings. The van der Waals surface area contributed by atoms with Crippen molar-refractivity contribution in [3.63, 3.8) is 0 Å². The van der Waals surface area contributed by atoms with Crippen molar-refractivity contribution >= 4 is 46.5 Å². The number of fused-ring (bicyclic) bond motifs is 1. The fourth-order valence-electron chi connectivity index (χ4n) is 5.63. The summed E-state index contributed by atoms with van der Waals surface area (Å²) in [6, 6.07) is 16.8. The van der Waals surface area contributed by atoms with E-state index in [1.54, 1.807) is 61.3 Å². The van der Waals surface area contributed by atoms with Crippen molar-refractivity contribution in [1.82, 2.24) is 9.80 Å². The van der Waals surface area contributed by atoms with Crippen LogP contribution >= 0.6 is 0 Å². The average molecular weight is 691 g/mol. The lowest BCUT2D eigenvalue weighted by Crippen LogP contribution is -2.48. The van der Waals surface area contributed by atoms with Crippen LogP contribution in [0.1, 0.15) is 51.5 Å².